The molecular weight excluding hydrogens is 258 g/mol. The summed E-state index contributed by atoms with van der Waals surface area (Å²) >= 11 is 0. The highest BCUT2D eigenvalue weighted by Gasteiger charge is 2.16. The largest absolute Gasteiger partial charge is 0.465 e. The first-order chi connectivity index (χ1) is 9.61. The van der Waals surface area contributed by atoms with Gasteiger partial charge in [0.15, 0.2) is 0 Å². The van der Waals surface area contributed by atoms with Crippen LogP contribution < -0.4 is 5.73 Å². The van der Waals surface area contributed by atoms with Gasteiger partial charge in [0.25, 0.3) is 0 Å². The number of unbranched alkanes of at least 4 members (excludes halogenated alkanes) is 5. The van der Waals surface area contributed by atoms with Crippen molar-refractivity contribution < 1.29 is 19.1 Å². The summed E-state index contributed by atoms with van der Waals surface area (Å²) < 4.78 is 5.04. The standard InChI is InChI=1S/C14H25N3O3/c1-2-3-4-5-6-7-10-20-14(19)13(15)9-8-12(18)11-17-16/h11,13H,2-10,15H2,1H3/t13-/m0/s1. The van der Waals surface area contributed by atoms with Gasteiger partial charge in [-0.25, -0.2) is 0 Å². The fourth-order valence-corrected chi connectivity index (χ4v) is 1.71. The van der Waals surface area contributed by atoms with E-state index in [4.69, 9.17) is 16.0 Å². The first-order valence-corrected chi connectivity index (χ1v) is 7.24. The maximum Gasteiger partial charge on any atom is 0.323 e. The molecule has 0 unspecified atom stereocenters. The summed E-state index contributed by atoms with van der Waals surface area (Å²) in [6.07, 6.45) is 7.79. The van der Waals surface area contributed by atoms with Crippen molar-refractivity contribution in [2.45, 2.75) is 64.3 Å². The third-order valence-electron chi connectivity index (χ3n) is 2.95. The van der Waals surface area contributed by atoms with E-state index in [0.29, 0.717) is 6.61 Å². The summed E-state index contributed by atoms with van der Waals surface area (Å²) in [6, 6.07) is -0.800. The van der Waals surface area contributed by atoms with Crippen LogP contribution in [0.15, 0.2) is 0 Å². The zero-order valence-corrected chi connectivity index (χ0v) is 12.2. The van der Waals surface area contributed by atoms with Gasteiger partial charge >= 0.3 is 12.2 Å². The van der Waals surface area contributed by atoms with Crippen molar-refractivity contribution in [3.8, 4) is 0 Å². The molecule has 0 fully saturated rings. The molecule has 1 atom stereocenters. The van der Waals surface area contributed by atoms with E-state index in [2.05, 4.69) is 11.7 Å². The number of nitrogens with zero attached hydrogens (tertiary/aromatic N) is 2. The highest BCUT2D eigenvalue weighted by atomic mass is 16.5. The van der Waals surface area contributed by atoms with Crippen LogP contribution in [0, 0.1) is 0 Å². The van der Waals surface area contributed by atoms with Gasteiger partial charge in [0, 0.05) is 6.42 Å². The van der Waals surface area contributed by atoms with Crippen molar-refractivity contribution in [1.29, 1.82) is 0 Å². The Hall–Kier alpha value is -1.52. The lowest BCUT2D eigenvalue weighted by Crippen LogP contribution is -2.33. The predicted molar refractivity (Wildman–Crippen MR) is 76.2 cm³/mol. The minimum Gasteiger partial charge on any atom is -0.465 e. The van der Waals surface area contributed by atoms with Crippen LogP contribution in [0.2, 0.25) is 0 Å². The number of Topliss-reactive ketones (excluding diaryl/α,β-unsaturated/α-hetero) is 1. The summed E-state index contributed by atoms with van der Waals surface area (Å²) in [5.41, 5.74) is 13.8. The van der Waals surface area contributed by atoms with Crippen molar-refractivity contribution in [2.75, 3.05) is 6.61 Å². The number of hydrogen-bond acceptors (Lipinski definition) is 4. The van der Waals surface area contributed by atoms with E-state index in [-0.39, 0.29) is 18.6 Å². The number of carbonyl (C=O) groups is 2. The minimum atomic E-state index is -0.800. The molecule has 0 saturated carbocycles. The average molecular weight is 283 g/mol. The molecule has 0 saturated heterocycles. The van der Waals surface area contributed by atoms with E-state index in [1.807, 2.05) is 0 Å². The van der Waals surface area contributed by atoms with Gasteiger partial charge in [-0.15, -0.1) is 0 Å². The van der Waals surface area contributed by atoms with Gasteiger partial charge in [-0.05, 0) is 12.8 Å². The Morgan fingerprint density at radius 1 is 1.25 bits per heavy atom. The van der Waals surface area contributed by atoms with Crippen molar-refractivity contribution >= 4 is 18.0 Å². The zero-order valence-electron chi connectivity index (χ0n) is 12.2. The number of ketones is 1. The molecule has 0 amide bonds. The molecule has 6 heteroatoms. The second-order valence-corrected chi connectivity index (χ2v) is 4.79. The van der Waals surface area contributed by atoms with E-state index >= 15 is 0 Å². The lowest BCUT2D eigenvalue weighted by molar-refractivity contribution is -0.145. The molecule has 0 rings (SSSR count). The van der Waals surface area contributed by atoms with Crippen LogP contribution in [0.3, 0.4) is 0 Å². The molecule has 0 radical (unpaired) electrons. The van der Waals surface area contributed by atoms with Gasteiger partial charge in [0.05, 0.1) is 6.61 Å². The maximum atomic E-state index is 11.5. The van der Waals surface area contributed by atoms with Gasteiger partial charge in [-0.1, -0.05) is 39.0 Å². The number of hydrogen-bond donors (Lipinski definition) is 1. The van der Waals surface area contributed by atoms with Gasteiger partial charge in [-0.2, -0.15) is 4.79 Å². The normalized spacial score (nSPS) is 11.5. The third kappa shape index (κ3) is 10.4. The van der Waals surface area contributed by atoms with Gasteiger partial charge in [0.1, 0.15) is 6.04 Å². The Morgan fingerprint density at radius 2 is 1.90 bits per heavy atom. The van der Waals surface area contributed by atoms with Crippen LogP contribution in [0.1, 0.15) is 58.3 Å². The van der Waals surface area contributed by atoms with E-state index in [9.17, 15) is 9.59 Å². The monoisotopic (exact) mass is 283 g/mol. The second kappa shape index (κ2) is 12.5. The lowest BCUT2D eigenvalue weighted by atomic mass is 10.1. The van der Waals surface area contributed by atoms with Crippen LogP contribution >= 0.6 is 0 Å². The summed E-state index contributed by atoms with van der Waals surface area (Å²) in [4.78, 5) is 25.2. The summed E-state index contributed by atoms with van der Waals surface area (Å²) in [6.45, 7) is 2.55. The Labute approximate surface area is 120 Å². The highest BCUT2D eigenvalue weighted by molar-refractivity contribution is 6.25. The van der Waals surface area contributed by atoms with Gasteiger partial charge in [0.2, 0.25) is 5.78 Å². The molecule has 0 aromatic heterocycles. The molecule has 0 heterocycles. The number of rotatable bonds is 12. The molecular formula is C14H25N3O3. The second-order valence-electron chi connectivity index (χ2n) is 4.79. The predicted octanol–water partition coefficient (Wildman–Crippen LogP) is 1.87. The molecule has 0 bridgehead atoms. The van der Waals surface area contributed by atoms with Crippen molar-refractivity contribution in [3.63, 3.8) is 0 Å². The smallest absolute Gasteiger partial charge is 0.323 e. The molecule has 0 aliphatic carbocycles. The zero-order chi connectivity index (χ0) is 15.2. The molecule has 6 nitrogen and oxygen atoms in total. The maximum absolute atomic E-state index is 11.5. The van der Waals surface area contributed by atoms with Crippen molar-refractivity contribution in [1.82, 2.24) is 0 Å². The van der Waals surface area contributed by atoms with E-state index in [1.165, 1.54) is 19.3 Å². The molecule has 0 aromatic rings. The summed E-state index contributed by atoms with van der Waals surface area (Å²) in [5, 5.41) is 0. The Balaban J connectivity index is 3.60. The molecule has 0 aromatic carbocycles. The van der Waals surface area contributed by atoms with E-state index < -0.39 is 12.0 Å². The number of esters is 1. The average Bonchev–Trinajstić information content (AvgIpc) is 2.43. The number of ether oxygens (including phenoxy) is 1. The first kappa shape index (κ1) is 18.5. The lowest BCUT2D eigenvalue weighted by Gasteiger charge is -2.10. The molecule has 114 valence electrons. The topological polar surface area (TPSA) is 106 Å². The van der Waals surface area contributed by atoms with Crippen molar-refractivity contribution in [3.05, 3.63) is 5.53 Å². The first-order valence-electron chi connectivity index (χ1n) is 7.24. The van der Waals surface area contributed by atoms with Crippen molar-refractivity contribution in [2.24, 2.45) is 5.73 Å². The third-order valence-corrected chi connectivity index (χ3v) is 2.95. The Morgan fingerprint density at radius 3 is 2.55 bits per heavy atom. The number of carbonyl (C=O) groups excluding carboxylic acids is 2. The van der Waals surface area contributed by atoms with E-state index in [0.717, 1.165) is 25.5 Å². The van der Waals surface area contributed by atoms with Crippen LogP contribution in [-0.2, 0) is 14.3 Å². The van der Waals surface area contributed by atoms with Crippen LogP contribution in [-0.4, -0.2) is 35.4 Å². The molecule has 0 spiro atoms. The number of nitrogens with two attached hydrogens (primary N) is 1. The van der Waals surface area contributed by atoms with E-state index in [1.54, 1.807) is 0 Å². The van der Waals surface area contributed by atoms with Gasteiger partial charge in [-0.3, -0.25) is 9.59 Å². The minimum absolute atomic E-state index is 0.0668. The van der Waals surface area contributed by atoms with Crippen LogP contribution in [0.4, 0.5) is 0 Å². The fraction of sp³-hybridized carbons (Fsp3) is 0.786. The Kier molecular flexibility index (Phi) is 11.6. The molecule has 0 aliphatic heterocycles. The summed E-state index contributed by atoms with van der Waals surface area (Å²) in [5.74, 6) is -0.848. The van der Waals surface area contributed by atoms with Crippen LogP contribution in [0.5, 0.6) is 0 Å². The molecule has 20 heavy (non-hydrogen) atoms. The Bertz CT molecular complexity index is 339. The SMILES string of the molecule is CCCCCCCCOC(=O)[C@@H](N)CCC(=O)C=[N+]=[N-]. The molecule has 0 aliphatic rings. The molecule has 2 N–H and O–H groups in total. The quantitative estimate of drug-likeness (QED) is 0.194. The van der Waals surface area contributed by atoms with Gasteiger partial charge < -0.3 is 16.0 Å². The summed E-state index contributed by atoms with van der Waals surface area (Å²) in [7, 11) is 0. The highest BCUT2D eigenvalue weighted by Crippen LogP contribution is 2.05. The fourth-order valence-electron chi connectivity index (χ4n) is 1.71. The van der Waals surface area contributed by atoms with Crippen LogP contribution in [0.25, 0.3) is 5.53 Å².